The normalized spacial score (nSPS) is 14.1. The van der Waals surface area contributed by atoms with Crippen molar-refractivity contribution < 1.29 is 24.2 Å². The molecule has 0 spiro atoms. The monoisotopic (exact) mass is 732 g/mol. The Hall–Kier alpha value is -4.59. The summed E-state index contributed by atoms with van der Waals surface area (Å²) in [5.41, 5.74) is 4.31. The van der Waals surface area contributed by atoms with Crippen molar-refractivity contribution in [2.24, 2.45) is 5.92 Å². The third-order valence-corrected chi connectivity index (χ3v) is 10.2. The highest BCUT2D eigenvalue weighted by Crippen LogP contribution is 2.21. The zero-order valence-corrected chi connectivity index (χ0v) is 31.2. The number of ether oxygens (including phenoxy) is 1. The van der Waals surface area contributed by atoms with E-state index in [9.17, 15) is 19.5 Å². The Morgan fingerprint density at radius 1 is 0.961 bits per heavy atom. The number of amides is 4. The quantitative estimate of drug-likeness (QED) is 0.0909. The minimum atomic E-state index is -1.06. The van der Waals surface area contributed by atoms with Gasteiger partial charge in [0.1, 0.15) is 12.6 Å². The van der Waals surface area contributed by atoms with Gasteiger partial charge >= 0.3 is 12.1 Å². The molecule has 4 rings (SSSR count). The van der Waals surface area contributed by atoms with Gasteiger partial charge in [0.05, 0.1) is 39.8 Å². The van der Waals surface area contributed by atoms with Crippen LogP contribution in [0.2, 0.25) is 0 Å². The van der Waals surface area contributed by atoms with Gasteiger partial charge in [0, 0.05) is 30.6 Å². The number of alkyl carbamates (subject to hydrolysis) is 1. The predicted molar refractivity (Wildman–Crippen MR) is 201 cm³/mol. The third kappa shape index (κ3) is 12.6. The van der Waals surface area contributed by atoms with Gasteiger partial charge in [-0.25, -0.2) is 14.6 Å². The number of hydrogen-bond acceptors (Lipinski definition) is 9. The van der Waals surface area contributed by atoms with Gasteiger partial charge in [-0.05, 0) is 36.3 Å². The van der Waals surface area contributed by atoms with E-state index in [4.69, 9.17) is 4.74 Å². The zero-order chi connectivity index (χ0) is 36.8. The molecule has 4 aromatic rings. The van der Waals surface area contributed by atoms with Crippen LogP contribution in [0.15, 0.2) is 90.4 Å². The molecule has 2 aromatic heterocycles. The average molecular weight is 733 g/mol. The number of urea groups is 1. The maximum Gasteiger partial charge on any atom is 0.407 e. The van der Waals surface area contributed by atoms with E-state index in [1.54, 1.807) is 18.8 Å². The van der Waals surface area contributed by atoms with Crippen molar-refractivity contribution in [2.45, 2.75) is 83.3 Å². The van der Waals surface area contributed by atoms with E-state index in [2.05, 4.69) is 32.5 Å². The fourth-order valence-corrected chi connectivity index (χ4v) is 6.80. The van der Waals surface area contributed by atoms with Gasteiger partial charge in [0.2, 0.25) is 5.91 Å². The summed E-state index contributed by atoms with van der Waals surface area (Å²) in [6.45, 7) is 9.93. The summed E-state index contributed by atoms with van der Waals surface area (Å²) in [4.78, 5) is 51.0. The molecule has 5 atom stereocenters. The van der Waals surface area contributed by atoms with Crippen molar-refractivity contribution in [3.63, 3.8) is 0 Å². The molecule has 0 aliphatic rings. The molecule has 0 fully saturated rings. The topological polar surface area (TPSA) is 146 Å². The van der Waals surface area contributed by atoms with Gasteiger partial charge in [-0.15, -0.1) is 29.3 Å². The molecule has 0 bridgehead atoms. The van der Waals surface area contributed by atoms with Crippen LogP contribution >= 0.6 is 22.7 Å². The van der Waals surface area contributed by atoms with Crippen LogP contribution in [-0.2, 0) is 35.5 Å². The number of aliphatic hydroxyl groups is 1. The highest BCUT2D eigenvalue weighted by atomic mass is 32.1. The van der Waals surface area contributed by atoms with Crippen LogP contribution in [0.25, 0.3) is 0 Å². The average Bonchev–Trinajstić information content (AvgIpc) is 3.82. The van der Waals surface area contributed by atoms with E-state index in [1.165, 1.54) is 27.6 Å². The van der Waals surface area contributed by atoms with Crippen molar-refractivity contribution in [2.75, 3.05) is 7.05 Å². The molecule has 0 aliphatic carbocycles. The molecule has 51 heavy (non-hydrogen) atoms. The van der Waals surface area contributed by atoms with Crippen LogP contribution in [0.5, 0.6) is 0 Å². The number of aliphatic hydroxyl groups excluding tert-OH is 1. The molecule has 0 saturated carbocycles. The molecule has 1 unspecified atom stereocenters. The van der Waals surface area contributed by atoms with E-state index in [1.807, 2.05) is 92.9 Å². The maximum absolute atomic E-state index is 13.9. The molecular formula is C38H48N6O5S2. The Morgan fingerprint density at radius 3 is 2.24 bits per heavy atom. The maximum atomic E-state index is 13.9. The van der Waals surface area contributed by atoms with Crippen LogP contribution in [0.4, 0.5) is 9.59 Å². The van der Waals surface area contributed by atoms with Crippen molar-refractivity contribution in [1.29, 1.82) is 0 Å². The predicted octanol–water partition coefficient (Wildman–Crippen LogP) is 6.07. The second-order valence-corrected chi connectivity index (χ2v) is 14.8. The number of benzene rings is 2. The number of nitrogens with zero attached hydrogens (tertiary/aromatic N) is 3. The number of aromatic nitrogens is 2. The molecule has 2 aromatic carbocycles. The minimum absolute atomic E-state index is 0.0637. The first kappa shape index (κ1) is 39.2. The molecule has 13 heteroatoms. The standard InChI is InChI=1S/C38H48N6O5S2/c1-6-26(4)36-41-30(23-50-36)21-44(5)37(47)43-34(25(2)3)35(46)40-29(17-27-13-9-7-10-14-27)19-33(45)32(18-28-15-11-8-12-16-28)42-38(48)49-22-31-20-39-24-51-31/h6-16,20,23-26,29,32-34,45H,1,17-19,21-22H2,2-5H3,(H,40,46)(H,42,48)(H,43,47)/t26?,29-,32-,33-,34-/m0/s1. The van der Waals surface area contributed by atoms with Gasteiger partial charge in [-0.2, -0.15) is 0 Å². The second-order valence-electron chi connectivity index (χ2n) is 12.9. The highest BCUT2D eigenvalue weighted by molar-refractivity contribution is 7.10. The molecule has 0 radical (unpaired) electrons. The number of carbonyl (C=O) groups excluding carboxylic acids is 3. The SMILES string of the molecule is C=CC(C)c1nc(CN(C)C(=O)N[C@H](C(=O)N[C@@H](Cc2ccccc2)C[C@H](O)[C@H](Cc2ccccc2)NC(=O)OCc2cncs2)C(C)C)cs1. The Balaban J connectivity index is 1.46. The zero-order valence-electron chi connectivity index (χ0n) is 29.5. The molecule has 4 amide bonds. The first-order chi connectivity index (χ1) is 24.5. The molecular weight excluding hydrogens is 685 g/mol. The van der Waals surface area contributed by atoms with Crippen LogP contribution in [0, 0.1) is 5.92 Å². The van der Waals surface area contributed by atoms with Crippen LogP contribution in [0.1, 0.15) is 59.8 Å². The van der Waals surface area contributed by atoms with E-state index < -0.39 is 36.4 Å². The lowest BCUT2D eigenvalue weighted by atomic mass is 9.93. The largest absolute Gasteiger partial charge is 0.444 e. The lowest BCUT2D eigenvalue weighted by Crippen LogP contribution is -2.55. The number of thiazole rings is 2. The molecule has 0 saturated heterocycles. The molecule has 0 aliphatic heterocycles. The Bertz CT molecular complexity index is 1670. The smallest absolute Gasteiger partial charge is 0.407 e. The van der Waals surface area contributed by atoms with E-state index in [-0.39, 0.29) is 37.3 Å². The van der Waals surface area contributed by atoms with Crippen LogP contribution in [0.3, 0.4) is 0 Å². The number of hydrogen-bond donors (Lipinski definition) is 4. The first-order valence-corrected chi connectivity index (χ1v) is 18.7. The van der Waals surface area contributed by atoms with Gasteiger partial charge < -0.3 is 30.7 Å². The first-order valence-electron chi connectivity index (χ1n) is 17.0. The van der Waals surface area contributed by atoms with Crippen molar-refractivity contribution >= 4 is 40.7 Å². The lowest BCUT2D eigenvalue weighted by molar-refractivity contribution is -0.124. The Morgan fingerprint density at radius 2 is 1.63 bits per heavy atom. The number of carbonyl (C=O) groups is 3. The summed E-state index contributed by atoms with van der Waals surface area (Å²) in [6, 6.07) is 16.7. The van der Waals surface area contributed by atoms with Gasteiger partial charge in [0.15, 0.2) is 0 Å². The number of allylic oxidation sites excluding steroid dienone is 1. The van der Waals surface area contributed by atoms with Crippen molar-refractivity contribution in [3.8, 4) is 0 Å². The molecule has 4 N–H and O–H groups in total. The van der Waals surface area contributed by atoms with Crippen molar-refractivity contribution in [1.82, 2.24) is 30.8 Å². The second kappa shape index (κ2) is 19.7. The summed E-state index contributed by atoms with van der Waals surface area (Å²) in [6.07, 6.45) is 2.63. The molecule has 272 valence electrons. The summed E-state index contributed by atoms with van der Waals surface area (Å²) in [5.74, 6) is -0.483. The summed E-state index contributed by atoms with van der Waals surface area (Å²) in [5, 5.41) is 23.4. The van der Waals surface area contributed by atoms with Gasteiger partial charge in [-0.3, -0.25) is 9.78 Å². The Kier molecular flexibility index (Phi) is 15.1. The highest BCUT2D eigenvalue weighted by Gasteiger charge is 2.31. The number of rotatable bonds is 18. The van der Waals surface area contributed by atoms with Gasteiger partial charge in [0.25, 0.3) is 0 Å². The van der Waals surface area contributed by atoms with E-state index in [0.717, 1.165) is 26.7 Å². The minimum Gasteiger partial charge on any atom is -0.444 e. The van der Waals surface area contributed by atoms with Crippen LogP contribution in [-0.4, -0.2) is 69.3 Å². The number of nitrogens with one attached hydrogen (secondary N) is 3. The lowest BCUT2D eigenvalue weighted by Gasteiger charge is -2.30. The summed E-state index contributed by atoms with van der Waals surface area (Å²) >= 11 is 2.90. The van der Waals surface area contributed by atoms with Crippen LogP contribution < -0.4 is 16.0 Å². The fraction of sp³-hybridized carbons (Fsp3) is 0.395. The third-order valence-electron chi connectivity index (χ3n) is 8.38. The molecule has 2 heterocycles. The Labute approximate surface area is 308 Å². The summed E-state index contributed by atoms with van der Waals surface area (Å²) < 4.78 is 5.43. The van der Waals surface area contributed by atoms with Gasteiger partial charge in [-0.1, -0.05) is 87.5 Å². The van der Waals surface area contributed by atoms with E-state index >= 15 is 0 Å². The summed E-state index contributed by atoms with van der Waals surface area (Å²) in [7, 11) is 1.66. The molecule has 11 nitrogen and oxygen atoms in total. The van der Waals surface area contributed by atoms with E-state index in [0.29, 0.717) is 12.8 Å². The van der Waals surface area contributed by atoms with Crippen molar-refractivity contribution in [3.05, 3.63) is 117 Å². The fourth-order valence-electron chi connectivity index (χ4n) is 5.43.